The molecular formula is C61H42N2. The van der Waals surface area contributed by atoms with Gasteiger partial charge in [-0.05, 0) is 111 Å². The fraction of sp³-hybridized carbons (Fsp3) is 0.0164. The molecule has 296 valence electrons. The van der Waals surface area contributed by atoms with E-state index < -0.39 is 0 Å². The van der Waals surface area contributed by atoms with Crippen molar-refractivity contribution >= 4 is 54.9 Å². The lowest BCUT2D eigenvalue weighted by Gasteiger charge is -2.13. The van der Waals surface area contributed by atoms with Crippen LogP contribution in [0.2, 0.25) is 0 Å². The Morgan fingerprint density at radius 1 is 0.317 bits per heavy atom. The van der Waals surface area contributed by atoms with Crippen LogP contribution in [-0.4, -0.2) is 9.13 Å². The van der Waals surface area contributed by atoms with Gasteiger partial charge in [0.25, 0.3) is 0 Å². The summed E-state index contributed by atoms with van der Waals surface area (Å²) in [6.07, 6.45) is 9.40. The lowest BCUT2D eigenvalue weighted by molar-refractivity contribution is 1.07. The number of allylic oxidation sites excluding steroid dienone is 6. The first-order valence-corrected chi connectivity index (χ1v) is 21.8. The molecule has 0 bridgehead atoms. The average molecular weight is 803 g/mol. The highest BCUT2D eigenvalue weighted by Gasteiger charge is 2.19. The smallest absolute Gasteiger partial charge is 0.0541 e. The summed E-state index contributed by atoms with van der Waals surface area (Å²) >= 11 is 0. The van der Waals surface area contributed by atoms with Crippen molar-refractivity contribution in [3.8, 4) is 39.1 Å². The van der Waals surface area contributed by atoms with Crippen molar-refractivity contribution in [2.45, 2.75) is 5.92 Å². The normalized spacial score (nSPS) is 14.0. The second-order valence-corrected chi connectivity index (χ2v) is 16.5. The van der Waals surface area contributed by atoms with Crippen molar-refractivity contribution in [2.24, 2.45) is 0 Å². The van der Waals surface area contributed by atoms with Gasteiger partial charge in [-0.15, -0.1) is 0 Å². The topological polar surface area (TPSA) is 9.86 Å². The number of nitrogens with zero attached hydrogens (tertiary/aromatic N) is 2. The molecule has 1 unspecified atom stereocenters. The summed E-state index contributed by atoms with van der Waals surface area (Å²) in [5.74, 6) is 0.122. The molecule has 2 heteroatoms. The van der Waals surface area contributed by atoms with Crippen LogP contribution in [0.3, 0.4) is 0 Å². The highest BCUT2D eigenvalue weighted by Crippen LogP contribution is 2.40. The lowest BCUT2D eigenvalue weighted by Crippen LogP contribution is -1.98. The molecule has 2 heterocycles. The molecule has 1 aliphatic carbocycles. The number of hydrogen-bond acceptors (Lipinski definition) is 0. The summed E-state index contributed by atoms with van der Waals surface area (Å²) in [5, 5.41) is 4.96. The number of benzene rings is 9. The van der Waals surface area contributed by atoms with E-state index in [0.717, 1.165) is 11.4 Å². The summed E-state index contributed by atoms with van der Waals surface area (Å²) in [6, 6.07) is 81.6. The van der Waals surface area contributed by atoms with Crippen LogP contribution in [0.5, 0.6) is 0 Å². The Morgan fingerprint density at radius 2 is 0.778 bits per heavy atom. The summed E-state index contributed by atoms with van der Waals surface area (Å²) in [7, 11) is 0. The molecule has 0 fully saturated rings. The van der Waals surface area contributed by atoms with Crippen LogP contribution >= 0.6 is 0 Å². The van der Waals surface area contributed by atoms with E-state index in [1.807, 2.05) is 0 Å². The van der Waals surface area contributed by atoms with Crippen LogP contribution in [0.25, 0.3) is 93.9 Å². The molecule has 0 radical (unpaired) electrons. The SMILES string of the molecule is C1=CC(c2ccccc2)C=C(n2c3ccccc3c3cc(-c4ccc5c(c4)c4ccccc4n5-c4cccc(-c5ccc(-c6ccccc6)cc5)c4)ccc32)C=C1c1ccccc1. The van der Waals surface area contributed by atoms with E-state index in [0.29, 0.717) is 0 Å². The fourth-order valence-corrected chi connectivity index (χ4v) is 9.71. The van der Waals surface area contributed by atoms with Gasteiger partial charge in [0.05, 0.1) is 22.1 Å². The van der Waals surface area contributed by atoms with Crippen molar-refractivity contribution in [2.75, 3.05) is 0 Å². The standard InChI is InChI=1S/C61H42N2/c1-4-15-42(16-5-1)45-27-29-46(30-28-45)47-21-14-22-52(37-47)62-58-25-12-10-23-54(58)56-40-50(33-35-60(56)62)51-34-36-61-57(41-51)55-24-11-13-26-59(55)63(61)53-38-48(43-17-6-2-7-18-43)31-32-49(39-53)44-19-8-3-9-20-44/h1-41,48H. The highest BCUT2D eigenvalue weighted by atomic mass is 15.0. The quantitative estimate of drug-likeness (QED) is 0.152. The molecule has 12 rings (SSSR count). The van der Waals surface area contributed by atoms with Crippen molar-refractivity contribution in [1.82, 2.24) is 9.13 Å². The number of hydrogen-bond donors (Lipinski definition) is 0. The average Bonchev–Trinajstić information content (AvgIpc) is 3.77. The zero-order valence-corrected chi connectivity index (χ0v) is 34.6. The predicted octanol–water partition coefficient (Wildman–Crippen LogP) is 16.2. The Balaban J connectivity index is 0.963. The monoisotopic (exact) mass is 802 g/mol. The lowest BCUT2D eigenvalue weighted by atomic mass is 9.97. The zero-order chi connectivity index (χ0) is 41.7. The highest BCUT2D eigenvalue weighted by molar-refractivity contribution is 6.13. The summed E-state index contributed by atoms with van der Waals surface area (Å²) in [6.45, 7) is 0. The van der Waals surface area contributed by atoms with Crippen molar-refractivity contribution in [3.63, 3.8) is 0 Å². The van der Waals surface area contributed by atoms with E-state index >= 15 is 0 Å². The van der Waals surface area contributed by atoms with Crippen LogP contribution in [0.15, 0.2) is 249 Å². The van der Waals surface area contributed by atoms with Gasteiger partial charge in [0, 0.05) is 38.8 Å². The molecule has 2 aromatic heterocycles. The first-order valence-electron chi connectivity index (χ1n) is 21.8. The molecule has 0 saturated carbocycles. The van der Waals surface area contributed by atoms with Crippen LogP contribution < -0.4 is 0 Å². The summed E-state index contributed by atoms with van der Waals surface area (Å²) < 4.78 is 4.88. The molecule has 11 aromatic rings. The summed E-state index contributed by atoms with van der Waals surface area (Å²) in [4.78, 5) is 0. The zero-order valence-electron chi connectivity index (χ0n) is 34.6. The number of rotatable bonds is 7. The van der Waals surface area contributed by atoms with E-state index in [1.54, 1.807) is 0 Å². The third-order valence-electron chi connectivity index (χ3n) is 12.8. The Hall–Kier alpha value is -8.20. The van der Waals surface area contributed by atoms with Crippen molar-refractivity contribution in [3.05, 3.63) is 260 Å². The maximum atomic E-state index is 2.46. The maximum absolute atomic E-state index is 2.46. The minimum Gasteiger partial charge on any atom is -0.310 e. The first kappa shape index (κ1) is 36.6. The number of fused-ring (bicyclic) bond motifs is 6. The van der Waals surface area contributed by atoms with E-state index in [4.69, 9.17) is 0 Å². The van der Waals surface area contributed by atoms with Crippen LogP contribution in [0, 0.1) is 0 Å². The molecule has 0 spiro atoms. The van der Waals surface area contributed by atoms with Crippen LogP contribution in [0.1, 0.15) is 17.0 Å². The van der Waals surface area contributed by atoms with Gasteiger partial charge >= 0.3 is 0 Å². The maximum Gasteiger partial charge on any atom is 0.0541 e. The third-order valence-corrected chi connectivity index (χ3v) is 12.8. The van der Waals surface area contributed by atoms with Crippen molar-refractivity contribution in [1.29, 1.82) is 0 Å². The van der Waals surface area contributed by atoms with E-state index in [-0.39, 0.29) is 5.92 Å². The third kappa shape index (κ3) is 6.52. The van der Waals surface area contributed by atoms with Gasteiger partial charge in [-0.2, -0.15) is 0 Å². The van der Waals surface area contributed by atoms with Gasteiger partial charge in [0.15, 0.2) is 0 Å². The molecule has 0 aliphatic heterocycles. The first-order chi connectivity index (χ1) is 31.2. The van der Waals surface area contributed by atoms with Crippen LogP contribution in [0.4, 0.5) is 0 Å². The Bertz CT molecular complexity index is 3580. The van der Waals surface area contributed by atoms with Gasteiger partial charge in [0.1, 0.15) is 0 Å². The van der Waals surface area contributed by atoms with E-state index in [1.165, 1.54) is 93.7 Å². The minimum atomic E-state index is 0.122. The molecular weight excluding hydrogens is 761 g/mol. The Kier molecular flexibility index (Phi) is 8.93. The van der Waals surface area contributed by atoms with E-state index in [2.05, 4.69) is 258 Å². The second-order valence-electron chi connectivity index (χ2n) is 16.5. The van der Waals surface area contributed by atoms with Gasteiger partial charge in [-0.25, -0.2) is 0 Å². The molecule has 1 aliphatic rings. The molecule has 0 amide bonds. The number of aromatic nitrogens is 2. The minimum absolute atomic E-state index is 0.122. The fourth-order valence-electron chi connectivity index (χ4n) is 9.71. The van der Waals surface area contributed by atoms with Gasteiger partial charge in [-0.3, -0.25) is 0 Å². The molecule has 2 nitrogen and oxygen atoms in total. The summed E-state index contributed by atoms with van der Waals surface area (Å²) in [5.41, 5.74) is 18.0. The Labute approximate surface area is 367 Å². The molecule has 1 atom stereocenters. The van der Waals surface area contributed by atoms with Gasteiger partial charge in [0.2, 0.25) is 0 Å². The molecule has 9 aromatic carbocycles. The number of para-hydroxylation sites is 2. The Morgan fingerprint density at radius 3 is 1.43 bits per heavy atom. The predicted molar refractivity (Wildman–Crippen MR) is 267 cm³/mol. The van der Waals surface area contributed by atoms with E-state index in [9.17, 15) is 0 Å². The van der Waals surface area contributed by atoms with Crippen molar-refractivity contribution < 1.29 is 0 Å². The largest absolute Gasteiger partial charge is 0.310 e. The second kappa shape index (κ2) is 15.4. The van der Waals surface area contributed by atoms with Crippen LogP contribution in [-0.2, 0) is 0 Å². The van der Waals surface area contributed by atoms with Gasteiger partial charge < -0.3 is 9.13 Å². The molecule has 63 heavy (non-hydrogen) atoms. The molecule has 0 N–H and O–H groups in total. The van der Waals surface area contributed by atoms with Gasteiger partial charge in [-0.1, -0.05) is 188 Å². The molecule has 0 saturated heterocycles.